The van der Waals surface area contributed by atoms with E-state index in [2.05, 4.69) is 19.9 Å². The minimum atomic E-state index is -0.146. The van der Waals surface area contributed by atoms with Gasteiger partial charge in [0.15, 0.2) is 11.5 Å². The Morgan fingerprint density at radius 3 is 2.90 bits per heavy atom. The molecule has 0 spiro atoms. The van der Waals surface area contributed by atoms with E-state index in [9.17, 15) is 0 Å². The van der Waals surface area contributed by atoms with Gasteiger partial charge in [-0.05, 0) is 26.8 Å². The van der Waals surface area contributed by atoms with Gasteiger partial charge in [0.25, 0.3) is 0 Å². The van der Waals surface area contributed by atoms with Crippen molar-refractivity contribution < 1.29 is 14.2 Å². The Morgan fingerprint density at radius 2 is 2.20 bits per heavy atom. The van der Waals surface area contributed by atoms with Gasteiger partial charge >= 0.3 is 0 Å². The number of ether oxygens (including phenoxy) is 3. The molecule has 0 saturated heterocycles. The molecule has 1 aromatic carbocycles. The van der Waals surface area contributed by atoms with Gasteiger partial charge in [-0.15, -0.1) is 0 Å². The Morgan fingerprint density at radius 1 is 1.40 bits per heavy atom. The van der Waals surface area contributed by atoms with Crippen molar-refractivity contribution in [3.8, 4) is 11.5 Å². The predicted molar refractivity (Wildman–Crippen MR) is 79.4 cm³/mol. The molecule has 0 bridgehead atoms. The summed E-state index contributed by atoms with van der Waals surface area (Å²) >= 11 is 0. The van der Waals surface area contributed by atoms with Gasteiger partial charge in [-0.25, -0.2) is 0 Å². The normalized spacial score (nSPS) is 17.4. The maximum absolute atomic E-state index is 5.98. The van der Waals surface area contributed by atoms with Crippen LogP contribution in [0.3, 0.4) is 0 Å². The molecule has 0 amide bonds. The zero-order valence-electron chi connectivity index (χ0n) is 12.6. The fourth-order valence-corrected chi connectivity index (χ4v) is 2.51. The highest BCUT2D eigenvalue weighted by molar-refractivity contribution is 5.50. The lowest BCUT2D eigenvalue weighted by molar-refractivity contribution is 0.0518. The van der Waals surface area contributed by atoms with Gasteiger partial charge in [0.2, 0.25) is 0 Å². The molecule has 4 nitrogen and oxygen atoms in total. The second-order valence-corrected chi connectivity index (χ2v) is 5.73. The van der Waals surface area contributed by atoms with Crippen molar-refractivity contribution in [3.05, 3.63) is 23.8 Å². The Balaban J connectivity index is 1.94. The molecule has 0 saturated carbocycles. The molecule has 1 aliphatic rings. The number of nitrogens with two attached hydrogens (primary N) is 1. The molecule has 1 heterocycles. The first-order chi connectivity index (χ1) is 9.55. The second-order valence-electron chi connectivity index (χ2n) is 5.73. The lowest BCUT2D eigenvalue weighted by Gasteiger charge is -2.19. The fraction of sp³-hybridized carbons (Fsp3) is 0.625. The molecule has 112 valence electrons. The van der Waals surface area contributed by atoms with Crippen molar-refractivity contribution in [2.75, 3.05) is 19.8 Å². The molecule has 0 aliphatic carbocycles. The van der Waals surface area contributed by atoms with Gasteiger partial charge in [-0.1, -0.05) is 12.1 Å². The monoisotopic (exact) mass is 279 g/mol. The molecule has 2 N–H and O–H groups in total. The van der Waals surface area contributed by atoms with Crippen molar-refractivity contribution in [2.45, 2.75) is 45.3 Å². The summed E-state index contributed by atoms with van der Waals surface area (Å²) in [5.74, 6) is 1.71. The molecule has 1 atom stereocenters. The van der Waals surface area contributed by atoms with Gasteiger partial charge in [0.1, 0.15) is 5.60 Å². The maximum atomic E-state index is 5.98. The van der Waals surface area contributed by atoms with E-state index in [4.69, 9.17) is 19.9 Å². The summed E-state index contributed by atoms with van der Waals surface area (Å²) in [5.41, 5.74) is 6.73. The van der Waals surface area contributed by atoms with Crippen LogP contribution in [0.4, 0.5) is 0 Å². The second kappa shape index (κ2) is 6.46. The number of hydrogen-bond donors (Lipinski definition) is 1. The van der Waals surface area contributed by atoms with Crippen LogP contribution in [0.1, 0.15) is 32.8 Å². The zero-order chi connectivity index (χ0) is 14.6. The van der Waals surface area contributed by atoms with Crippen molar-refractivity contribution in [1.82, 2.24) is 0 Å². The first-order valence-corrected chi connectivity index (χ1v) is 7.31. The Labute approximate surface area is 121 Å². The number of fused-ring (bicyclic) bond motifs is 1. The summed E-state index contributed by atoms with van der Waals surface area (Å²) in [4.78, 5) is 0. The molecule has 1 aromatic rings. The molecule has 0 aromatic heterocycles. The highest BCUT2D eigenvalue weighted by Gasteiger charge is 2.32. The van der Waals surface area contributed by atoms with Crippen LogP contribution >= 0.6 is 0 Å². The summed E-state index contributed by atoms with van der Waals surface area (Å²) < 4.78 is 17.4. The van der Waals surface area contributed by atoms with Crippen LogP contribution in [-0.2, 0) is 11.2 Å². The summed E-state index contributed by atoms with van der Waals surface area (Å²) in [5, 5.41) is 0. The summed E-state index contributed by atoms with van der Waals surface area (Å²) in [6.07, 6.45) is 1.77. The topological polar surface area (TPSA) is 53.7 Å². The van der Waals surface area contributed by atoms with E-state index in [1.54, 1.807) is 0 Å². The third kappa shape index (κ3) is 3.64. The highest BCUT2D eigenvalue weighted by Crippen LogP contribution is 2.41. The van der Waals surface area contributed by atoms with Gasteiger partial charge in [-0.3, -0.25) is 0 Å². The van der Waals surface area contributed by atoms with Crippen molar-refractivity contribution in [1.29, 1.82) is 0 Å². The van der Waals surface area contributed by atoms with Crippen LogP contribution < -0.4 is 15.2 Å². The average Bonchev–Trinajstić information content (AvgIpc) is 2.72. The van der Waals surface area contributed by atoms with E-state index in [0.29, 0.717) is 19.8 Å². The maximum Gasteiger partial charge on any atom is 0.165 e. The third-order valence-electron chi connectivity index (χ3n) is 3.42. The SMILES string of the molecule is CCOC(CN)CCOc1cccc2c1OC(C)(C)C2. The Kier molecular flexibility index (Phi) is 4.89. The van der Waals surface area contributed by atoms with Gasteiger partial charge in [-0.2, -0.15) is 0 Å². The average molecular weight is 279 g/mol. The zero-order valence-corrected chi connectivity index (χ0v) is 12.6. The van der Waals surface area contributed by atoms with E-state index >= 15 is 0 Å². The van der Waals surface area contributed by atoms with E-state index < -0.39 is 0 Å². The van der Waals surface area contributed by atoms with Crippen molar-refractivity contribution in [2.24, 2.45) is 5.73 Å². The van der Waals surface area contributed by atoms with Crippen molar-refractivity contribution in [3.63, 3.8) is 0 Å². The number of para-hydroxylation sites is 1. The standard InChI is InChI=1S/C16H25NO3/c1-4-18-13(11-17)8-9-19-14-7-5-6-12-10-16(2,3)20-15(12)14/h5-7,13H,4,8-11,17H2,1-3H3. The summed E-state index contributed by atoms with van der Waals surface area (Å²) in [6.45, 7) is 7.95. The Hall–Kier alpha value is -1.26. The van der Waals surface area contributed by atoms with E-state index in [-0.39, 0.29) is 11.7 Å². The van der Waals surface area contributed by atoms with Crippen LogP contribution in [0, 0.1) is 0 Å². The molecule has 2 rings (SSSR count). The number of rotatable bonds is 7. The lowest BCUT2D eigenvalue weighted by Crippen LogP contribution is -2.26. The van der Waals surface area contributed by atoms with Gasteiger partial charge < -0.3 is 19.9 Å². The molecule has 20 heavy (non-hydrogen) atoms. The molecule has 1 unspecified atom stereocenters. The van der Waals surface area contributed by atoms with Crippen molar-refractivity contribution >= 4 is 0 Å². The number of benzene rings is 1. The lowest BCUT2D eigenvalue weighted by atomic mass is 10.0. The molecule has 1 aliphatic heterocycles. The molecule has 0 radical (unpaired) electrons. The quantitative estimate of drug-likeness (QED) is 0.833. The van der Waals surface area contributed by atoms with Gasteiger partial charge in [0.05, 0.1) is 12.7 Å². The fourth-order valence-electron chi connectivity index (χ4n) is 2.51. The summed E-state index contributed by atoms with van der Waals surface area (Å²) in [6, 6.07) is 6.07. The minimum Gasteiger partial charge on any atom is -0.490 e. The first kappa shape index (κ1) is 15.1. The summed E-state index contributed by atoms with van der Waals surface area (Å²) in [7, 11) is 0. The third-order valence-corrected chi connectivity index (χ3v) is 3.42. The van der Waals surface area contributed by atoms with Crippen LogP contribution in [0.5, 0.6) is 11.5 Å². The minimum absolute atomic E-state index is 0.0640. The smallest absolute Gasteiger partial charge is 0.165 e. The Bertz CT molecular complexity index is 445. The number of hydrogen-bond acceptors (Lipinski definition) is 4. The molecular formula is C16H25NO3. The predicted octanol–water partition coefficient (Wildman–Crippen LogP) is 2.53. The first-order valence-electron chi connectivity index (χ1n) is 7.31. The van der Waals surface area contributed by atoms with E-state index in [1.807, 2.05) is 19.1 Å². The van der Waals surface area contributed by atoms with Crippen LogP contribution in [0.25, 0.3) is 0 Å². The molecular weight excluding hydrogens is 254 g/mol. The molecule has 0 fully saturated rings. The van der Waals surface area contributed by atoms with Crippen LogP contribution in [-0.4, -0.2) is 31.5 Å². The largest absolute Gasteiger partial charge is 0.490 e. The van der Waals surface area contributed by atoms with Crippen LogP contribution in [0.15, 0.2) is 18.2 Å². The van der Waals surface area contributed by atoms with E-state index in [1.165, 1.54) is 5.56 Å². The van der Waals surface area contributed by atoms with Gasteiger partial charge in [0, 0.05) is 31.6 Å². The van der Waals surface area contributed by atoms with E-state index in [0.717, 1.165) is 24.3 Å². The van der Waals surface area contributed by atoms with Crippen LogP contribution in [0.2, 0.25) is 0 Å². The highest BCUT2D eigenvalue weighted by atomic mass is 16.5. The molecule has 4 heteroatoms.